The van der Waals surface area contributed by atoms with Crippen LogP contribution in [0.3, 0.4) is 0 Å². The molecule has 1 saturated heterocycles. The van der Waals surface area contributed by atoms with Gasteiger partial charge in [-0.15, -0.1) is 0 Å². The Kier molecular flexibility index (Phi) is 6.08. The number of nitrogens with zero attached hydrogens (tertiary/aromatic N) is 2. The minimum Gasteiger partial charge on any atom is -0.497 e. The Morgan fingerprint density at radius 2 is 1.71 bits per heavy atom. The average molecular weight is 422 g/mol. The molecule has 4 rings (SSSR count). The SMILES string of the molecule is COC(=O)C(=O)Nc1c(CN2CCN(c3ccc(OC)cc3)CC2)[nH]c2ccccc12. The third kappa shape index (κ3) is 4.49. The maximum atomic E-state index is 12.1. The molecule has 8 nitrogen and oxygen atoms in total. The highest BCUT2D eigenvalue weighted by Crippen LogP contribution is 2.29. The molecule has 3 aromatic rings. The van der Waals surface area contributed by atoms with E-state index in [0.717, 1.165) is 48.5 Å². The number of ether oxygens (including phenoxy) is 2. The number of H-pyrrole nitrogens is 1. The number of nitrogens with one attached hydrogen (secondary N) is 2. The van der Waals surface area contributed by atoms with Gasteiger partial charge in [-0.25, -0.2) is 4.79 Å². The van der Waals surface area contributed by atoms with E-state index in [2.05, 4.69) is 37.0 Å². The average Bonchev–Trinajstić information content (AvgIpc) is 3.15. The van der Waals surface area contributed by atoms with Gasteiger partial charge >= 0.3 is 11.9 Å². The highest BCUT2D eigenvalue weighted by molar-refractivity contribution is 6.38. The van der Waals surface area contributed by atoms with Gasteiger partial charge in [-0.1, -0.05) is 18.2 Å². The van der Waals surface area contributed by atoms with Crippen molar-refractivity contribution in [1.29, 1.82) is 0 Å². The first-order valence-electron chi connectivity index (χ1n) is 10.2. The van der Waals surface area contributed by atoms with Crippen molar-refractivity contribution >= 4 is 34.2 Å². The number of amides is 1. The summed E-state index contributed by atoms with van der Waals surface area (Å²) in [5, 5.41) is 3.59. The normalized spacial score (nSPS) is 14.5. The first kappa shape index (κ1) is 20.7. The lowest BCUT2D eigenvalue weighted by Gasteiger charge is -2.36. The van der Waals surface area contributed by atoms with Gasteiger partial charge in [-0.3, -0.25) is 9.69 Å². The molecule has 0 atom stereocenters. The van der Waals surface area contributed by atoms with Crippen LogP contribution >= 0.6 is 0 Å². The topological polar surface area (TPSA) is 86.9 Å². The summed E-state index contributed by atoms with van der Waals surface area (Å²) in [4.78, 5) is 31.8. The molecule has 8 heteroatoms. The number of methoxy groups -OCH3 is 2. The maximum Gasteiger partial charge on any atom is 0.396 e. The van der Waals surface area contributed by atoms with Crippen LogP contribution in [0.1, 0.15) is 5.69 Å². The molecule has 2 heterocycles. The van der Waals surface area contributed by atoms with E-state index in [1.165, 1.54) is 12.8 Å². The highest BCUT2D eigenvalue weighted by Gasteiger charge is 2.23. The molecule has 2 N–H and O–H groups in total. The summed E-state index contributed by atoms with van der Waals surface area (Å²) >= 11 is 0. The smallest absolute Gasteiger partial charge is 0.396 e. The molecule has 0 aliphatic carbocycles. The van der Waals surface area contributed by atoms with Crippen molar-refractivity contribution in [3.8, 4) is 5.75 Å². The number of carbonyl (C=O) groups is 2. The fraction of sp³-hybridized carbons (Fsp3) is 0.304. The Morgan fingerprint density at radius 1 is 1.00 bits per heavy atom. The number of piperazine rings is 1. The fourth-order valence-electron chi connectivity index (χ4n) is 3.90. The Hall–Kier alpha value is -3.52. The van der Waals surface area contributed by atoms with E-state index >= 15 is 0 Å². The number of benzene rings is 2. The zero-order chi connectivity index (χ0) is 21.8. The molecule has 1 aromatic heterocycles. The predicted octanol–water partition coefficient (Wildman–Crippen LogP) is 2.61. The second-order valence-corrected chi connectivity index (χ2v) is 7.43. The highest BCUT2D eigenvalue weighted by atomic mass is 16.5. The number of fused-ring (bicyclic) bond motifs is 1. The van der Waals surface area contributed by atoms with Crippen molar-refractivity contribution in [1.82, 2.24) is 9.88 Å². The van der Waals surface area contributed by atoms with Crippen LogP contribution in [0.15, 0.2) is 48.5 Å². The van der Waals surface area contributed by atoms with Crippen molar-refractivity contribution < 1.29 is 19.1 Å². The maximum absolute atomic E-state index is 12.1. The summed E-state index contributed by atoms with van der Waals surface area (Å²) in [6, 6.07) is 15.8. The van der Waals surface area contributed by atoms with Crippen molar-refractivity contribution in [2.45, 2.75) is 6.54 Å². The molecular formula is C23H26N4O4. The molecule has 0 bridgehead atoms. The lowest BCUT2D eigenvalue weighted by Crippen LogP contribution is -2.46. The van der Waals surface area contributed by atoms with E-state index in [9.17, 15) is 9.59 Å². The van der Waals surface area contributed by atoms with Crippen molar-refractivity contribution in [3.05, 3.63) is 54.2 Å². The Balaban J connectivity index is 1.46. The Morgan fingerprint density at radius 3 is 2.39 bits per heavy atom. The number of anilines is 2. The van der Waals surface area contributed by atoms with Crippen LogP contribution < -0.4 is 15.0 Å². The van der Waals surface area contributed by atoms with E-state index in [1.54, 1.807) is 7.11 Å². The van der Waals surface area contributed by atoms with Gasteiger partial charge in [0.1, 0.15) is 5.75 Å². The number of esters is 1. The minimum absolute atomic E-state index is 0.628. The number of para-hydroxylation sites is 1. The van der Waals surface area contributed by atoms with Crippen LogP contribution in [-0.4, -0.2) is 62.2 Å². The first-order chi connectivity index (χ1) is 15.1. The molecule has 1 amide bonds. The minimum atomic E-state index is -0.913. The molecule has 0 unspecified atom stereocenters. The van der Waals surface area contributed by atoms with E-state index in [0.29, 0.717) is 12.2 Å². The fourth-order valence-corrected chi connectivity index (χ4v) is 3.90. The molecule has 162 valence electrons. The van der Waals surface area contributed by atoms with Crippen molar-refractivity contribution in [3.63, 3.8) is 0 Å². The number of hydrogen-bond acceptors (Lipinski definition) is 6. The largest absolute Gasteiger partial charge is 0.497 e. The quantitative estimate of drug-likeness (QED) is 0.486. The predicted molar refractivity (Wildman–Crippen MR) is 119 cm³/mol. The zero-order valence-electron chi connectivity index (χ0n) is 17.7. The van der Waals surface area contributed by atoms with Gasteiger partial charge in [0.15, 0.2) is 0 Å². The summed E-state index contributed by atoms with van der Waals surface area (Å²) in [7, 11) is 2.86. The molecule has 0 radical (unpaired) electrons. The van der Waals surface area contributed by atoms with Gasteiger partial charge in [0.25, 0.3) is 0 Å². The van der Waals surface area contributed by atoms with Gasteiger partial charge in [-0.05, 0) is 30.3 Å². The second kappa shape index (κ2) is 9.09. The molecule has 1 aliphatic rings. The number of carbonyl (C=O) groups excluding carboxylic acids is 2. The standard InChI is InChI=1S/C23H26N4O4/c1-30-17-9-7-16(8-10-17)27-13-11-26(12-14-27)15-20-21(25-22(28)23(29)31-2)18-5-3-4-6-19(18)24-20/h3-10,24H,11-15H2,1-2H3,(H,25,28). The monoisotopic (exact) mass is 422 g/mol. The number of hydrogen-bond donors (Lipinski definition) is 2. The van der Waals surface area contributed by atoms with Crippen LogP contribution in [0, 0.1) is 0 Å². The van der Waals surface area contributed by atoms with E-state index < -0.39 is 11.9 Å². The summed E-state index contributed by atoms with van der Waals surface area (Å²) in [5.74, 6) is -0.843. The summed E-state index contributed by atoms with van der Waals surface area (Å²) < 4.78 is 9.78. The van der Waals surface area contributed by atoms with Crippen molar-refractivity contribution in [2.75, 3.05) is 50.6 Å². The molecule has 31 heavy (non-hydrogen) atoms. The van der Waals surface area contributed by atoms with E-state index in [4.69, 9.17) is 4.74 Å². The molecule has 1 fully saturated rings. The number of aromatic amines is 1. The molecule has 1 aliphatic heterocycles. The van der Waals surface area contributed by atoms with Gasteiger partial charge < -0.3 is 24.7 Å². The van der Waals surface area contributed by atoms with Crippen molar-refractivity contribution in [2.24, 2.45) is 0 Å². The summed E-state index contributed by atoms with van der Waals surface area (Å²) in [6.07, 6.45) is 0. The lowest BCUT2D eigenvalue weighted by atomic mass is 10.2. The van der Waals surface area contributed by atoms with Crippen LogP contribution in [0.4, 0.5) is 11.4 Å². The van der Waals surface area contributed by atoms with Gasteiger partial charge in [0.05, 0.1) is 25.6 Å². The third-order valence-electron chi connectivity index (χ3n) is 5.58. The Labute approximate surface area is 180 Å². The second-order valence-electron chi connectivity index (χ2n) is 7.43. The number of rotatable bonds is 5. The summed E-state index contributed by atoms with van der Waals surface area (Å²) in [6.45, 7) is 4.20. The van der Waals surface area contributed by atoms with Crippen LogP contribution in [0.25, 0.3) is 10.9 Å². The van der Waals surface area contributed by atoms with Crippen LogP contribution in [0.5, 0.6) is 5.75 Å². The molecule has 0 spiro atoms. The first-order valence-corrected chi connectivity index (χ1v) is 10.2. The Bertz CT molecular complexity index is 1070. The van der Waals surface area contributed by atoms with Crippen LogP contribution in [0.2, 0.25) is 0 Å². The summed E-state index contributed by atoms with van der Waals surface area (Å²) in [5.41, 5.74) is 3.59. The third-order valence-corrected chi connectivity index (χ3v) is 5.58. The van der Waals surface area contributed by atoms with Gasteiger partial charge in [0, 0.05) is 49.3 Å². The van der Waals surface area contributed by atoms with E-state index in [1.807, 2.05) is 36.4 Å². The van der Waals surface area contributed by atoms with Gasteiger partial charge in [0.2, 0.25) is 0 Å². The number of aromatic nitrogens is 1. The van der Waals surface area contributed by atoms with Crippen LogP contribution in [-0.2, 0) is 20.9 Å². The zero-order valence-corrected chi connectivity index (χ0v) is 17.7. The van der Waals surface area contributed by atoms with Gasteiger partial charge in [-0.2, -0.15) is 0 Å². The lowest BCUT2D eigenvalue weighted by molar-refractivity contribution is -0.150. The van der Waals surface area contributed by atoms with E-state index in [-0.39, 0.29) is 0 Å². The molecule has 2 aromatic carbocycles. The molecule has 0 saturated carbocycles. The molecular weight excluding hydrogens is 396 g/mol.